The monoisotopic (exact) mass is 152 g/mol. The first-order valence-electron chi connectivity index (χ1n) is 4.59. The van der Waals surface area contributed by atoms with Crippen molar-refractivity contribution in [1.82, 2.24) is 5.32 Å². The highest BCUT2D eigenvalue weighted by molar-refractivity contribution is 6.35. The largest absolute Gasteiger partial charge is 0.312 e. The van der Waals surface area contributed by atoms with Crippen molar-refractivity contribution in [3.05, 3.63) is 0 Å². The van der Waals surface area contributed by atoms with Crippen LogP contribution in [-0.4, -0.2) is 19.4 Å². The van der Waals surface area contributed by atoms with E-state index in [-0.39, 0.29) is 0 Å². The zero-order chi connectivity index (χ0) is 8.48. The van der Waals surface area contributed by atoms with Gasteiger partial charge in [0.15, 0.2) is 0 Å². The Morgan fingerprint density at radius 2 is 2.09 bits per heavy atom. The lowest BCUT2D eigenvalue weighted by Gasteiger charge is -2.40. The fourth-order valence-electron chi connectivity index (χ4n) is 1.90. The number of rotatable bonds is 1. The molecule has 1 rings (SSSR count). The quantitative estimate of drug-likeness (QED) is 0.566. The van der Waals surface area contributed by atoms with Crippen LogP contribution < -0.4 is 5.32 Å². The van der Waals surface area contributed by atoms with Gasteiger partial charge < -0.3 is 5.32 Å². The molecule has 2 unspecified atom stereocenters. The minimum absolute atomic E-state index is 0.351. The number of nitrogens with one attached hydrogen (secondary N) is 1. The molecule has 0 spiro atoms. The molecule has 1 N–H and O–H groups in total. The average Bonchev–Trinajstić information content (AvgIpc) is 1.94. The second kappa shape index (κ2) is 3.18. The fraction of sp³-hybridized carbons (Fsp3) is 1.00. The molecule has 2 heteroatoms. The zero-order valence-electron chi connectivity index (χ0n) is 8.15. The van der Waals surface area contributed by atoms with Crippen LogP contribution in [0.4, 0.5) is 0 Å². The van der Waals surface area contributed by atoms with E-state index < -0.39 is 0 Å². The third-order valence-corrected chi connectivity index (χ3v) is 2.81. The molecule has 0 amide bonds. The molecule has 63 valence electrons. The van der Waals surface area contributed by atoms with E-state index >= 15 is 0 Å². The standard InChI is InChI=1S/C9H19BN/c1-7-6-11-9(2,3)5-8(7)10-4/h7-8,11H,5-6H2,1-4H3. The number of piperidine rings is 1. The Bertz CT molecular complexity index is 134. The molecule has 0 aliphatic carbocycles. The first kappa shape index (κ1) is 9.12. The molecular formula is C9H19BN. The van der Waals surface area contributed by atoms with Crippen molar-refractivity contribution < 1.29 is 0 Å². The maximum absolute atomic E-state index is 3.55. The Kier molecular flexibility index (Phi) is 2.63. The van der Waals surface area contributed by atoms with Gasteiger partial charge >= 0.3 is 0 Å². The molecule has 1 nitrogen and oxygen atoms in total. The summed E-state index contributed by atoms with van der Waals surface area (Å²) in [6, 6.07) is 0. The van der Waals surface area contributed by atoms with E-state index in [0.29, 0.717) is 5.54 Å². The molecule has 1 aliphatic rings. The first-order chi connectivity index (χ1) is 5.05. The Morgan fingerprint density at radius 3 is 2.55 bits per heavy atom. The maximum Gasteiger partial charge on any atom is 0.110 e. The fourth-order valence-corrected chi connectivity index (χ4v) is 1.90. The summed E-state index contributed by atoms with van der Waals surface area (Å²) < 4.78 is 0. The Labute approximate surface area is 71.2 Å². The number of hydrogen-bond donors (Lipinski definition) is 1. The van der Waals surface area contributed by atoms with E-state index in [1.165, 1.54) is 13.0 Å². The van der Waals surface area contributed by atoms with Gasteiger partial charge in [-0.1, -0.05) is 19.6 Å². The molecule has 2 atom stereocenters. The van der Waals surface area contributed by atoms with E-state index in [0.717, 1.165) is 11.7 Å². The molecule has 11 heavy (non-hydrogen) atoms. The molecule has 0 saturated carbocycles. The van der Waals surface area contributed by atoms with Crippen molar-refractivity contribution >= 4 is 7.28 Å². The summed E-state index contributed by atoms with van der Waals surface area (Å²) in [6.45, 7) is 10.3. The minimum atomic E-state index is 0.351. The van der Waals surface area contributed by atoms with Crippen LogP contribution in [0.5, 0.6) is 0 Å². The molecule has 0 aromatic rings. The Morgan fingerprint density at radius 1 is 1.45 bits per heavy atom. The van der Waals surface area contributed by atoms with Gasteiger partial charge in [-0.2, -0.15) is 0 Å². The van der Waals surface area contributed by atoms with Gasteiger partial charge in [-0.15, -0.1) is 0 Å². The van der Waals surface area contributed by atoms with Gasteiger partial charge in [0, 0.05) is 5.54 Å². The van der Waals surface area contributed by atoms with Gasteiger partial charge in [0.2, 0.25) is 0 Å². The van der Waals surface area contributed by atoms with E-state index in [1.54, 1.807) is 0 Å². The summed E-state index contributed by atoms with van der Waals surface area (Å²) in [7, 11) is 2.35. The van der Waals surface area contributed by atoms with E-state index in [1.807, 2.05) is 0 Å². The highest BCUT2D eigenvalue weighted by Gasteiger charge is 2.30. The van der Waals surface area contributed by atoms with Crippen molar-refractivity contribution in [2.24, 2.45) is 5.92 Å². The zero-order valence-corrected chi connectivity index (χ0v) is 8.15. The molecule has 1 aliphatic heterocycles. The first-order valence-corrected chi connectivity index (χ1v) is 4.59. The van der Waals surface area contributed by atoms with E-state index in [4.69, 9.17) is 0 Å². The van der Waals surface area contributed by atoms with Crippen molar-refractivity contribution in [2.45, 2.75) is 45.4 Å². The molecule has 0 aromatic heterocycles. The lowest BCUT2D eigenvalue weighted by molar-refractivity contribution is 0.252. The van der Waals surface area contributed by atoms with Gasteiger partial charge in [-0.3, -0.25) is 0 Å². The van der Waals surface area contributed by atoms with E-state index in [9.17, 15) is 0 Å². The normalized spacial score (nSPS) is 36.7. The lowest BCUT2D eigenvalue weighted by atomic mass is 9.56. The smallest absolute Gasteiger partial charge is 0.110 e. The van der Waals surface area contributed by atoms with Crippen LogP contribution in [0, 0.1) is 5.92 Å². The predicted octanol–water partition coefficient (Wildman–Crippen LogP) is 1.94. The van der Waals surface area contributed by atoms with Gasteiger partial charge in [0.05, 0.1) is 0 Å². The second-order valence-corrected chi connectivity index (χ2v) is 4.44. The minimum Gasteiger partial charge on any atom is -0.312 e. The number of hydrogen-bond acceptors (Lipinski definition) is 1. The summed E-state index contributed by atoms with van der Waals surface area (Å²) in [6.07, 6.45) is 1.28. The summed E-state index contributed by atoms with van der Waals surface area (Å²) in [4.78, 5) is 0. The van der Waals surface area contributed by atoms with Crippen LogP contribution in [0.1, 0.15) is 27.2 Å². The lowest BCUT2D eigenvalue weighted by Crippen LogP contribution is -2.49. The van der Waals surface area contributed by atoms with Crippen LogP contribution in [0.3, 0.4) is 0 Å². The molecule has 0 bridgehead atoms. The molecule has 1 heterocycles. The van der Waals surface area contributed by atoms with Gasteiger partial charge in [0.25, 0.3) is 0 Å². The highest BCUT2D eigenvalue weighted by Crippen LogP contribution is 2.31. The summed E-state index contributed by atoms with van der Waals surface area (Å²) >= 11 is 0. The van der Waals surface area contributed by atoms with Gasteiger partial charge in [-0.25, -0.2) is 0 Å². The maximum atomic E-state index is 3.55. The second-order valence-electron chi connectivity index (χ2n) is 4.44. The van der Waals surface area contributed by atoms with E-state index in [2.05, 4.69) is 40.2 Å². The van der Waals surface area contributed by atoms with Crippen molar-refractivity contribution in [3.8, 4) is 0 Å². The van der Waals surface area contributed by atoms with Crippen LogP contribution in [0.25, 0.3) is 0 Å². The van der Waals surface area contributed by atoms with Crippen LogP contribution >= 0.6 is 0 Å². The summed E-state index contributed by atoms with van der Waals surface area (Å²) in [5.74, 6) is 1.62. The molecule has 1 saturated heterocycles. The summed E-state index contributed by atoms with van der Waals surface area (Å²) in [5, 5.41) is 3.55. The molecule has 1 radical (unpaired) electrons. The third kappa shape index (κ3) is 2.23. The topological polar surface area (TPSA) is 12.0 Å². The highest BCUT2D eigenvalue weighted by atomic mass is 15.0. The van der Waals surface area contributed by atoms with Crippen LogP contribution in [0.2, 0.25) is 12.6 Å². The summed E-state index contributed by atoms with van der Waals surface area (Å²) in [5.41, 5.74) is 0.351. The molecule has 0 aromatic carbocycles. The van der Waals surface area contributed by atoms with Crippen molar-refractivity contribution in [3.63, 3.8) is 0 Å². The SMILES string of the molecule is C[B]C1CC(C)(C)NCC1C. The van der Waals surface area contributed by atoms with Crippen molar-refractivity contribution in [1.29, 1.82) is 0 Å². The third-order valence-electron chi connectivity index (χ3n) is 2.81. The predicted molar refractivity (Wildman–Crippen MR) is 51.2 cm³/mol. The van der Waals surface area contributed by atoms with Gasteiger partial charge in [-0.05, 0) is 32.7 Å². The molecule has 1 fully saturated rings. The van der Waals surface area contributed by atoms with Crippen molar-refractivity contribution in [2.75, 3.05) is 6.54 Å². The Balaban J connectivity index is 2.51. The van der Waals surface area contributed by atoms with Crippen LogP contribution in [-0.2, 0) is 0 Å². The van der Waals surface area contributed by atoms with Gasteiger partial charge in [0.1, 0.15) is 7.28 Å². The molecular weight excluding hydrogens is 133 g/mol. The Hall–Kier alpha value is 0.0249. The average molecular weight is 152 g/mol. The van der Waals surface area contributed by atoms with Crippen LogP contribution in [0.15, 0.2) is 0 Å².